The molecule has 20 heavy (non-hydrogen) atoms. The third kappa shape index (κ3) is 3.15. The highest BCUT2D eigenvalue weighted by Crippen LogP contribution is 2.33. The van der Waals surface area contributed by atoms with E-state index in [4.69, 9.17) is 38.9 Å². The van der Waals surface area contributed by atoms with Crippen LogP contribution in [0.4, 0.5) is 0 Å². The normalized spacial score (nSPS) is 11.4. The molecule has 2 aromatic carbocycles. The highest BCUT2D eigenvalue weighted by molar-refractivity contribution is 6.34. The number of aryl methyl sites for hydroxylation is 1. The quantitative estimate of drug-likeness (QED) is 0.386. The Morgan fingerprint density at radius 1 is 1.15 bits per heavy atom. The van der Waals surface area contributed by atoms with Crippen LogP contribution < -0.4 is 10.5 Å². The van der Waals surface area contributed by atoms with E-state index < -0.39 is 0 Å². The fraction of sp³-hybridized carbons (Fsp3) is 0.0714. The third-order valence-corrected chi connectivity index (χ3v) is 3.18. The van der Waals surface area contributed by atoms with E-state index in [0.717, 1.165) is 5.56 Å². The number of amidine groups is 1. The molecular formula is C14H12Cl2N2O2. The molecule has 2 aromatic rings. The fourth-order valence-electron chi connectivity index (χ4n) is 1.65. The minimum Gasteiger partial charge on any atom is -0.455 e. The van der Waals surface area contributed by atoms with E-state index in [1.54, 1.807) is 30.3 Å². The number of hydrogen-bond donors (Lipinski definition) is 2. The fourth-order valence-corrected chi connectivity index (χ4v) is 1.97. The molecule has 0 heterocycles. The molecular weight excluding hydrogens is 299 g/mol. The summed E-state index contributed by atoms with van der Waals surface area (Å²) in [5.74, 6) is 0.791. The van der Waals surface area contributed by atoms with E-state index in [1.807, 2.05) is 13.0 Å². The summed E-state index contributed by atoms with van der Waals surface area (Å²) in [5, 5.41) is 12.7. The van der Waals surface area contributed by atoms with Gasteiger partial charge in [0.25, 0.3) is 0 Å². The second-order valence-electron chi connectivity index (χ2n) is 4.16. The zero-order valence-corrected chi connectivity index (χ0v) is 12.1. The molecule has 0 aliphatic rings. The van der Waals surface area contributed by atoms with Crippen molar-refractivity contribution in [3.05, 3.63) is 57.6 Å². The standard InChI is InChI=1S/C14H12Cl2N2O2/c1-8-2-4-10(14(17)18-19)12(6-8)20-13-7-9(15)3-5-11(13)16/h2-7,19H,1H3,(H2,17,18). The lowest BCUT2D eigenvalue weighted by Gasteiger charge is -2.12. The molecule has 0 aromatic heterocycles. The minimum absolute atomic E-state index is 0.0434. The summed E-state index contributed by atoms with van der Waals surface area (Å²) in [4.78, 5) is 0. The van der Waals surface area contributed by atoms with E-state index in [0.29, 0.717) is 27.1 Å². The van der Waals surface area contributed by atoms with Crippen molar-refractivity contribution >= 4 is 29.0 Å². The van der Waals surface area contributed by atoms with Gasteiger partial charge in [-0.3, -0.25) is 0 Å². The van der Waals surface area contributed by atoms with Gasteiger partial charge < -0.3 is 15.7 Å². The second kappa shape index (κ2) is 6.03. The Morgan fingerprint density at radius 2 is 1.90 bits per heavy atom. The van der Waals surface area contributed by atoms with E-state index in [9.17, 15) is 0 Å². The van der Waals surface area contributed by atoms with Gasteiger partial charge in [0.1, 0.15) is 11.5 Å². The number of ether oxygens (including phenoxy) is 1. The molecule has 0 radical (unpaired) electrons. The van der Waals surface area contributed by atoms with Crippen LogP contribution in [0.1, 0.15) is 11.1 Å². The van der Waals surface area contributed by atoms with Crippen LogP contribution in [0.5, 0.6) is 11.5 Å². The van der Waals surface area contributed by atoms with Gasteiger partial charge in [-0.2, -0.15) is 0 Å². The Hall–Kier alpha value is -1.91. The summed E-state index contributed by atoms with van der Waals surface area (Å²) < 4.78 is 5.74. The van der Waals surface area contributed by atoms with Gasteiger partial charge in [-0.15, -0.1) is 0 Å². The maximum atomic E-state index is 8.81. The van der Waals surface area contributed by atoms with Gasteiger partial charge in [-0.1, -0.05) is 34.4 Å². The van der Waals surface area contributed by atoms with Crippen molar-refractivity contribution in [2.75, 3.05) is 0 Å². The first kappa shape index (κ1) is 14.5. The predicted molar refractivity (Wildman–Crippen MR) is 80.2 cm³/mol. The molecule has 0 fully saturated rings. The topological polar surface area (TPSA) is 67.8 Å². The van der Waals surface area contributed by atoms with Crippen LogP contribution in [0.15, 0.2) is 41.6 Å². The summed E-state index contributed by atoms with van der Waals surface area (Å²) in [5.41, 5.74) is 7.06. The highest BCUT2D eigenvalue weighted by atomic mass is 35.5. The lowest BCUT2D eigenvalue weighted by Crippen LogP contribution is -2.14. The van der Waals surface area contributed by atoms with Crippen LogP contribution in [0.2, 0.25) is 10.0 Å². The van der Waals surface area contributed by atoms with Crippen molar-refractivity contribution in [1.82, 2.24) is 0 Å². The van der Waals surface area contributed by atoms with Gasteiger partial charge in [0.2, 0.25) is 0 Å². The average molecular weight is 311 g/mol. The predicted octanol–water partition coefficient (Wildman–Crippen LogP) is 4.19. The Bertz CT molecular complexity index is 672. The van der Waals surface area contributed by atoms with Crippen molar-refractivity contribution < 1.29 is 9.94 Å². The Kier molecular flexibility index (Phi) is 4.37. The van der Waals surface area contributed by atoms with Gasteiger partial charge in [0, 0.05) is 11.1 Å². The molecule has 0 aliphatic heterocycles. The molecule has 0 aliphatic carbocycles. The van der Waals surface area contributed by atoms with Crippen molar-refractivity contribution in [1.29, 1.82) is 0 Å². The molecule has 4 nitrogen and oxygen atoms in total. The van der Waals surface area contributed by atoms with Gasteiger partial charge in [-0.05, 0) is 36.8 Å². The van der Waals surface area contributed by atoms with Crippen molar-refractivity contribution in [2.24, 2.45) is 10.9 Å². The number of nitrogens with zero attached hydrogens (tertiary/aromatic N) is 1. The molecule has 0 amide bonds. The minimum atomic E-state index is -0.0434. The zero-order chi connectivity index (χ0) is 14.7. The first-order valence-corrected chi connectivity index (χ1v) is 6.48. The summed E-state index contributed by atoms with van der Waals surface area (Å²) in [6.45, 7) is 1.91. The van der Waals surface area contributed by atoms with Crippen LogP contribution in [0.3, 0.4) is 0 Å². The van der Waals surface area contributed by atoms with Gasteiger partial charge in [0.15, 0.2) is 5.84 Å². The first-order valence-electron chi connectivity index (χ1n) is 5.72. The molecule has 0 bridgehead atoms. The molecule has 6 heteroatoms. The van der Waals surface area contributed by atoms with Crippen molar-refractivity contribution in [3.63, 3.8) is 0 Å². The number of benzene rings is 2. The van der Waals surface area contributed by atoms with Crippen LogP contribution in [0.25, 0.3) is 0 Å². The zero-order valence-electron chi connectivity index (χ0n) is 10.6. The van der Waals surface area contributed by atoms with Crippen LogP contribution in [-0.4, -0.2) is 11.0 Å². The van der Waals surface area contributed by atoms with E-state index in [-0.39, 0.29) is 5.84 Å². The maximum Gasteiger partial charge on any atom is 0.173 e. The third-order valence-electron chi connectivity index (χ3n) is 2.63. The highest BCUT2D eigenvalue weighted by Gasteiger charge is 2.12. The molecule has 0 atom stereocenters. The van der Waals surface area contributed by atoms with Gasteiger partial charge in [-0.25, -0.2) is 0 Å². The summed E-state index contributed by atoms with van der Waals surface area (Å²) in [7, 11) is 0. The second-order valence-corrected chi connectivity index (χ2v) is 5.01. The number of oxime groups is 1. The lowest BCUT2D eigenvalue weighted by molar-refractivity contribution is 0.318. The number of halogens is 2. The Labute approximate surface area is 126 Å². The van der Waals surface area contributed by atoms with E-state index in [2.05, 4.69) is 5.16 Å². The molecule has 0 saturated heterocycles. The molecule has 0 unspecified atom stereocenters. The van der Waals surface area contributed by atoms with Crippen molar-refractivity contribution in [2.45, 2.75) is 6.92 Å². The molecule has 2 rings (SSSR count). The average Bonchev–Trinajstić information content (AvgIpc) is 2.42. The Balaban J connectivity index is 2.47. The van der Waals surface area contributed by atoms with Gasteiger partial charge >= 0.3 is 0 Å². The molecule has 0 spiro atoms. The van der Waals surface area contributed by atoms with Crippen molar-refractivity contribution in [3.8, 4) is 11.5 Å². The smallest absolute Gasteiger partial charge is 0.173 e. The number of rotatable bonds is 3. The van der Waals surface area contributed by atoms with E-state index >= 15 is 0 Å². The SMILES string of the molecule is Cc1ccc(C(N)=NO)c(Oc2cc(Cl)ccc2Cl)c1. The Morgan fingerprint density at radius 3 is 2.60 bits per heavy atom. The largest absolute Gasteiger partial charge is 0.455 e. The number of nitrogens with two attached hydrogens (primary N) is 1. The first-order chi connectivity index (χ1) is 9.51. The summed E-state index contributed by atoms with van der Waals surface area (Å²) in [6, 6.07) is 10.2. The molecule has 3 N–H and O–H groups in total. The van der Waals surface area contributed by atoms with Gasteiger partial charge in [0.05, 0.1) is 10.6 Å². The van der Waals surface area contributed by atoms with Crippen LogP contribution >= 0.6 is 23.2 Å². The van der Waals surface area contributed by atoms with E-state index in [1.165, 1.54) is 0 Å². The van der Waals surface area contributed by atoms with Crippen LogP contribution in [-0.2, 0) is 0 Å². The summed E-state index contributed by atoms with van der Waals surface area (Å²) >= 11 is 12.0. The maximum absolute atomic E-state index is 8.81. The summed E-state index contributed by atoms with van der Waals surface area (Å²) in [6.07, 6.45) is 0. The molecule has 0 saturated carbocycles. The lowest BCUT2D eigenvalue weighted by atomic mass is 10.1. The monoisotopic (exact) mass is 310 g/mol. The molecule has 104 valence electrons. The number of hydrogen-bond acceptors (Lipinski definition) is 3. The van der Waals surface area contributed by atoms with Crippen LogP contribution in [0, 0.1) is 6.92 Å².